The number of fused-ring (bicyclic) bond motifs is 1. The molecule has 4 heterocycles. The lowest BCUT2D eigenvalue weighted by molar-refractivity contribution is 0.0945. The highest BCUT2D eigenvalue weighted by molar-refractivity contribution is 5.92. The largest absolute Gasteiger partial charge is 0.365 e. The lowest BCUT2D eigenvalue weighted by atomic mass is 10.2. The van der Waals surface area contributed by atoms with Crippen molar-refractivity contribution in [1.29, 1.82) is 0 Å². The van der Waals surface area contributed by atoms with Gasteiger partial charge in [0, 0.05) is 56.1 Å². The summed E-state index contributed by atoms with van der Waals surface area (Å²) in [6.07, 6.45) is 6.16. The number of nitrogens with zero attached hydrogens (tertiary/aromatic N) is 5. The van der Waals surface area contributed by atoms with E-state index in [9.17, 15) is 14.0 Å². The quantitative estimate of drug-likeness (QED) is 0.563. The number of aromatic amines is 1. The molecule has 1 aliphatic carbocycles. The van der Waals surface area contributed by atoms with Gasteiger partial charge in [-0.05, 0) is 31.4 Å². The van der Waals surface area contributed by atoms with Crippen molar-refractivity contribution in [2.24, 2.45) is 0 Å². The van der Waals surface area contributed by atoms with Gasteiger partial charge in [0.2, 0.25) is 5.95 Å². The minimum Gasteiger partial charge on any atom is -0.365 e. The molecule has 0 bridgehead atoms. The van der Waals surface area contributed by atoms with Crippen LogP contribution in [0.15, 0.2) is 29.3 Å². The van der Waals surface area contributed by atoms with Crippen LogP contribution in [0.4, 0.5) is 10.1 Å². The molecule has 5 rings (SSSR count). The van der Waals surface area contributed by atoms with Gasteiger partial charge in [-0.2, -0.15) is 9.49 Å². The zero-order chi connectivity index (χ0) is 22.2. The third kappa shape index (κ3) is 4.10. The van der Waals surface area contributed by atoms with Crippen molar-refractivity contribution < 1.29 is 9.18 Å². The summed E-state index contributed by atoms with van der Waals surface area (Å²) in [7, 11) is 0. The Morgan fingerprint density at radius 2 is 2.00 bits per heavy atom. The van der Waals surface area contributed by atoms with E-state index in [1.165, 1.54) is 0 Å². The first kappa shape index (κ1) is 20.6. The number of anilines is 1. The molecule has 0 atom stereocenters. The Morgan fingerprint density at radius 3 is 2.69 bits per heavy atom. The number of hydrogen-bond acceptors (Lipinski definition) is 6. The molecule has 1 saturated carbocycles. The van der Waals surface area contributed by atoms with E-state index in [1.807, 2.05) is 11.8 Å². The smallest absolute Gasteiger partial charge is 0.270 e. The predicted octanol–water partition coefficient (Wildman–Crippen LogP) is 1.33. The first-order valence-electron chi connectivity index (χ1n) is 11.0. The fourth-order valence-corrected chi connectivity index (χ4v) is 4.06. The second kappa shape index (κ2) is 8.34. The molecule has 10 heteroatoms. The molecule has 9 nitrogen and oxygen atoms in total. The van der Waals surface area contributed by atoms with E-state index in [0.29, 0.717) is 43.0 Å². The van der Waals surface area contributed by atoms with Crippen molar-refractivity contribution in [3.8, 4) is 0 Å². The van der Waals surface area contributed by atoms with Crippen LogP contribution in [0.2, 0.25) is 0 Å². The number of halogens is 1. The van der Waals surface area contributed by atoms with Crippen molar-refractivity contribution in [1.82, 2.24) is 29.8 Å². The van der Waals surface area contributed by atoms with Crippen LogP contribution in [0.25, 0.3) is 5.65 Å². The summed E-state index contributed by atoms with van der Waals surface area (Å²) in [5.41, 5.74) is 2.82. The lowest BCUT2D eigenvalue weighted by Gasteiger charge is -2.35. The average Bonchev–Trinajstić information content (AvgIpc) is 3.53. The van der Waals surface area contributed by atoms with Crippen LogP contribution >= 0.6 is 0 Å². The average molecular weight is 439 g/mol. The van der Waals surface area contributed by atoms with Crippen molar-refractivity contribution in [3.63, 3.8) is 0 Å². The molecule has 32 heavy (non-hydrogen) atoms. The van der Waals surface area contributed by atoms with Crippen LogP contribution in [0.5, 0.6) is 0 Å². The van der Waals surface area contributed by atoms with Crippen LogP contribution in [0, 0.1) is 5.95 Å². The fraction of sp³-hybridized carbons (Fsp3) is 0.455. The van der Waals surface area contributed by atoms with Gasteiger partial charge >= 0.3 is 0 Å². The molecule has 2 N–H and O–H groups in total. The summed E-state index contributed by atoms with van der Waals surface area (Å²) in [6, 6.07) is 3.43. The zero-order valence-electron chi connectivity index (χ0n) is 18.0. The molecule has 3 aromatic heterocycles. The SMILES string of the molecule is CCc1cn2ncc(CN3CCN(c4ccc(C(=O)NC5CC5)nc4F)CC3)c2[nH]c1=O. The summed E-state index contributed by atoms with van der Waals surface area (Å²) >= 11 is 0. The maximum absolute atomic E-state index is 14.6. The van der Waals surface area contributed by atoms with Gasteiger partial charge in [0.1, 0.15) is 11.3 Å². The van der Waals surface area contributed by atoms with E-state index in [0.717, 1.165) is 31.5 Å². The summed E-state index contributed by atoms with van der Waals surface area (Å²) in [5, 5.41) is 7.20. The topological polar surface area (TPSA) is 98.6 Å². The van der Waals surface area contributed by atoms with E-state index in [1.54, 1.807) is 29.0 Å². The molecule has 168 valence electrons. The number of piperazine rings is 1. The summed E-state index contributed by atoms with van der Waals surface area (Å²) in [5.74, 6) is -0.936. The molecular formula is C22H26FN7O2. The number of aromatic nitrogens is 4. The molecule has 1 saturated heterocycles. The van der Waals surface area contributed by atoms with E-state index in [2.05, 4.69) is 25.3 Å². The highest BCUT2D eigenvalue weighted by Gasteiger charge is 2.26. The molecule has 2 fully saturated rings. The van der Waals surface area contributed by atoms with Gasteiger partial charge in [0.05, 0.1) is 11.9 Å². The number of H-pyrrole nitrogens is 1. The Morgan fingerprint density at radius 1 is 1.22 bits per heavy atom. The second-order valence-corrected chi connectivity index (χ2v) is 8.44. The van der Waals surface area contributed by atoms with Crippen molar-refractivity contribution in [2.75, 3.05) is 31.1 Å². The van der Waals surface area contributed by atoms with Gasteiger partial charge in [0.15, 0.2) is 0 Å². The van der Waals surface area contributed by atoms with Crippen LogP contribution in [-0.2, 0) is 13.0 Å². The van der Waals surface area contributed by atoms with Crippen molar-refractivity contribution in [2.45, 2.75) is 38.8 Å². The maximum atomic E-state index is 14.6. The number of pyridine rings is 1. The number of nitrogens with one attached hydrogen (secondary N) is 2. The van der Waals surface area contributed by atoms with E-state index < -0.39 is 5.95 Å². The highest BCUT2D eigenvalue weighted by Crippen LogP contribution is 2.22. The Kier molecular flexibility index (Phi) is 5.38. The molecule has 3 aromatic rings. The van der Waals surface area contributed by atoms with Gasteiger partial charge in [0.25, 0.3) is 11.5 Å². The van der Waals surface area contributed by atoms with Crippen LogP contribution in [0.3, 0.4) is 0 Å². The number of amides is 1. The number of carbonyl (C=O) groups excluding carboxylic acids is 1. The van der Waals surface area contributed by atoms with Gasteiger partial charge in [-0.1, -0.05) is 6.92 Å². The third-order valence-corrected chi connectivity index (χ3v) is 6.14. The standard InChI is InChI=1S/C22H26FN7O2/c1-2-14-13-30-20(27-21(14)31)15(11-24-30)12-28-7-9-29(10-8-28)18-6-5-17(26-19(18)23)22(32)25-16-3-4-16/h5-6,11,13,16H,2-4,7-10,12H2,1H3,(H,25,32)(H,27,31). The maximum Gasteiger partial charge on any atom is 0.270 e. The monoisotopic (exact) mass is 439 g/mol. The lowest BCUT2D eigenvalue weighted by Crippen LogP contribution is -2.46. The van der Waals surface area contributed by atoms with Gasteiger partial charge in [-0.15, -0.1) is 0 Å². The molecule has 0 aromatic carbocycles. The second-order valence-electron chi connectivity index (χ2n) is 8.44. The molecular weight excluding hydrogens is 413 g/mol. The normalized spacial score (nSPS) is 17.1. The Bertz CT molecular complexity index is 1210. The van der Waals surface area contributed by atoms with Crippen LogP contribution < -0.4 is 15.8 Å². The molecule has 0 radical (unpaired) electrons. The molecule has 0 spiro atoms. The first-order chi connectivity index (χ1) is 15.5. The number of hydrogen-bond donors (Lipinski definition) is 2. The van der Waals surface area contributed by atoms with Gasteiger partial charge < -0.3 is 15.2 Å². The van der Waals surface area contributed by atoms with E-state index >= 15 is 0 Å². The minimum atomic E-state index is -0.617. The number of carbonyl (C=O) groups is 1. The summed E-state index contributed by atoms with van der Waals surface area (Å²) in [6.45, 7) is 5.34. The Labute approximate surface area is 184 Å². The number of rotatable bonds is 6. The predicted molar refractivity (Wildman–Crippen MR) is 117 cm³/mol. The van der Waals surface area contributed by atoms with Crippen LogP contribution in [-0.4, -0.2) is 62.6 Å². The molecule has 1 aliphatic heterocycles. The summed E-state index contributed by atoms with van der Waals surface area (Å²) in [4.78, 5) is 35.3. The summed E-state index contributed by atoms with van der Waals surface area (Å²) < 4.78 is 16.3. The molecule has 1 amide bonds. The van der Waals surface area contributed by atoms with Crippen molar-refractivity contribution >= 4 is 17.2 Å². The molecule has 0 unspecified atom stereocenters. The Hall–Kier alpha value is -3.27. The van der Waals surface area contributed by atoms with E-state index in [4.69, 9.17) is 0 Å². The fourth-order valence-electron chi connectivity index (χ4n) is 4.06. The minimum absolute atomic E-state index is 0.0798. The van der Waals surface area contributed by atoms with E-state index in [-0.39, 0.29) is 23.2 Å². The highest BCUT2D eigenvalue weighted by atomic mass is 19.1. The van der Waals surface area contributed by atoms with Crippen molar-refractivity contribution in [3.05, 3.63) is 57.6 Å². The molecule has 2 aliphatic rings. The first-order valence-corrected chi connectivity index (χ1v) is 11.0. The van der Waals surface area contributed by atoms with Gasteiger partial charge in [-0.25, -0.2) is 9.50 Å². The Balaban J connectivity index is 1.23. The number of aryl methyl sites for hydroxylation is 1. The zero-order valence-corrected chi connectivity index (χ0v) is 18.0. The van der Waals surface area contributed by atoms with Crippen LogP contribution in [0.1, 0.15) is 41.4 Å². The van der Waals surface area contributed by atoms with Gasteiger partial charge in [-0.3, -0.25) is 14.5 Å². The third-order valence-electron chi connectivity index (χ3n) is 6.14.